The lowest BCUT2D eigenvalue weighted by Crippen LogP contribution is -2.33. The summed E-state index contributed by atoms with van der Waals surface area (Å²) in [4.78, 5) is 17.8. The first-order valence-corrected chi connectivity index (χ1v) is 8.37. The Bertz CT molecular complexity index is 614. The fourth-order valence-electron chi connectivity index (χ4n) is 3.23. The van der Waals surface area contributed by atoms with Gasteiger partial charge in [0.2, 0.25) is 5.91 Å². The number of nitrogens with one attached hydrogen (secondary N) is 2. The number of aromatic nitrogens is 1. The summed E-state index contributed by atoms with van der Waals surface area (Å²) in [6.07, 6.45) is 7.46. The third-order valence-electron chi connectivity index (χ3n) is 4.45. The van der Waals surface area contributed by atoms with Gasteiger partial charge in [0.15, 0.2) is 0 Å². The third-order valence-corrected chi connectivity index (χ3v) is 4.45. The number of piperidine rings is 1. The predicted octanol–water partition coefficient (Wildman–Crippen LogP) is 2.70. The first kappa shape index (κ1) is 15.1. The molecule has 0 bridgehead atoms. The number of likely N-dealkylation sites (tertiary alicyclic amines) is 1. The van der Waals surface area contributed by atoms with Gasteiger partial charge in [-0.2, -0.15) is 0 Å². The summed E-state index contributed by atoms with van der Waals surface area (Å²) >= 11 is 0. The van der Waals surface area contributed by atoms with Crippen LogP contribution in [0.3, 0.4) is 0 Å². The molecule has 1 aromatic carbocycles. The second kappa shape index (κ2) is 7.45. The van der Waals surface area contributed by atoms with Gasteiger partial charge in [-0.1, -0.05) is 24.6 Å². The molecule has 2 aromatic rings. The normalized spacial score (nSPS) is 16.0. The van der Waals surface area contributed by atoms with Gasteiger partial charge in [0.25, 0.3) is 0 Å². The number of amides is 1. The van der Waals surface area contributed by atoms with Gasteiger partial charge < -0.3 is 15.2 Å². The SMILES string of the molecule is O=C(Cc1c[nH]c2ccccc12)NCCCN1CCCCC1. The maximum absolute atomic E-state index is 12.1. The van der Waals surface area contributed by atoms with E-state index in [1.807, 2.05) is 24.4 Å². The number of para-hydroxylation sites is 1. The van der Waals surface area contributed by atoms with Crippen LogP contribution in [0.5, 0.6) is 0 Å². The first-order valence-electron chi connectivity index (χ1n) is 8.37. The van der Waals surface area contributed by atoms with Crippen LogP contribution in [0.1, 0.15) is 31.2 Å². The fraction of sp³-hybridized carbons (Fsp3) is 0.500. The van der Waals surface area contributed by atoms with E-state index in [1.54, 1.807) is 0 Å². The molecule has 2 heterocycles. The van der Waals surface area contributed by atoms with Crippen LogP contribution in [-0.2, 0) is 11.2 Å². The molecule has 1 amide bonds. The smallest absolute Gasteiger partial charge is 0.224 e. The van der Waals surface area contributed by atoms with Gasteiger partial charge in [0.1, 0.15) is 0 Å². The van der Waals surface area contributed by atoms with Gasteiger partial charge >= 0.3 is 0 Å². The standard InChI is InChI=1S/C18H25N3O/c22-18(19-9-6-12-21-10-4-1-5-11-21)13-15-14-20-17-8-3-2-7-16(15)17/h2-3,7-8,14,20H,1,4-6,9-13H2,(H,19,22). The lowest BCUT2D eigenvalue weighted by atomic mass is 10.1. The van der Waals surface area contributed by atoms with E-state index in [2.05, 4.69) is 21.3 Å². The Labute approximate surface area is 131 Å². The number of benzene rings is 1. The molecule has 22 heavy (non-hydrogen) atoms. The molecule has 0 unspecified atom stereocenters. The summed E-state index contributed by atoms with van der Waals surface area (Å²) in [6, 6.07) is 8.11. The molecular formula is C18H25N3O. The molecule has 4 heteroatoms. The monoisotopic (exact) mass is 299 g/mol. The number of carbonyl (C=O) groups is 1. The predicted molar refractivity (Wildman–Crippen MR) is 89.9 cm³/mol. The summed E-state index contributed by atoms with van der Waals surface area (Å²) in [5.74, 6) is 0.114. The Morgan fingerprint density at radius 2 is 2.00 bits per heavy atom. The van der Waals surface area contributed by atoms with E-state index in [0.717, 1.165) is 36.0 Å². The van der Waals surface area contributed by atoms with Gasteiger partial charge in [-0.25, -0.2) is 0 Å². The van der Waals surface area contributed by atoms with E-state index in [9.17, 15) is 4.79 Å². The molecule has 118 valence electrons. The number of nitrogens with zero attached hydrogens (tertiary/aromatic N) is 1. The topological polar surface area (TPSA) is 48.1 Å². The number of hydrogen-bond acceptors (Lipinski definition) is 2. The molecule has 1 fully saturated rings. The van der Waals surface area contributed by atoms with E-state index in [4.69, 9.17) is 0 Å². The number of carbonyl (C=O) groups excluding carboxylic acids is 1. The maximum atomic E-state index is 12.1. The van der Waals surface area contributed by atoms with Crippen molar-refractivity contribution in [2.45, 2.75) is 32.1 Å². The van der Waals surface area contributed by atoms with Crippen LogP contribution in [0.25, 0.3) is 10.9 Å². The highest BCUT2D eigenvalue weighted by Gasteiger charge is 2.10. The lowest BCUT2D eigenvalue weighted by Gasteiger charge is -2.26. The highest BCUT2D eigenvalue weighted by Crippen LogP contribution is 2.17. The maximum Gasteiger partial charge on any atom is 0.224 e. The van der Waals surface area contributed by atoms with Crippen molar-refractivity contribution in [2.75, 3.05) is 26.2 Å². The number of hydrogen-bond donors (Lipinski definition) is 2. The van der Waals surface area contributed by atoms with Crippen molar-refractivity contribution in [2.24, 2.45) is 0 Å². The third kappa shape index (κ3) is 3.89. The number of rotatable bonds is 6. The van der Waals surface area contributed by atoms with Gasteiger partial charge in [-0.3, -0.25) is 4.79 Å². The molecule has 0 saturated carbocycles. The number of aromatic amines is 1. The van der Waals surface area contributed by atoms with Crippen LogP contribution >= 0.6 is 0 Å². The largest absolute Gasteiger partial charge is 0.361 e. The molecule has 1 saturated heterocycles. The highest BCUT2D eigenvalue weighted by molar-refractivity contribution is 5.88. The summed E-state index contributed by atoms with van der Waals surface area (Å²) in [5, 5.41) is 4.19. The Hall–Kier alpha value is -1.81. The Balaban J connectivity index is 1.41. The van der Waals surface area contributed by atoms with Crippen LogP contribution in [0.15, 0.2) is 30.5 Å². The van der Waals surface area contributed by atoms with Crippen molar-refractivity contribution in [1.82, 2.24) is 15.2 Å². The van der Waals surface area contributed by atoms with E-state index in [0.29, 0.717) is 6.42 Å². The van der Waals surface area contributed by atoms with Crippen LogP contribution in [0.2, 0.25) is 0 Å². The van der Waals surface area contributed by atoms with Gasteiger partial charge in [-0.05, 0) is 50.5 Å². The Morgan fingerprint density at radius 3 is 2.86 bits per heavy atom. The summed E-state index contributed by atoms with van der Waals surface area (Å²) in [5.41, 5.74) is 2.17. The number of H-pyrrole nitrogens is 1. The van der Waals surface area contributed by atoms with Crippen molar-refractivity contribution in [1.29, 1.82) is 0 Å². The Morgan fingerprint density at radius 1 is 1.18 bits per heavy atom. The summed E-state index contributed by atoms with van der Waals surface area (Å²) in [7, 11) is 0. The minimum Gasteiger partial charge on any atom is -0.361 e. The van der Waals surface area contributed by atoms with Crippen LogP contribution in [0, 0.1) is 0 Å². The molecule has 1 aromatic heterocycles. The van der Waals surface area contributed by atoms with Crippen molar-refractivity contribution in [3.8, 4) is 0 Å². The average molecular weight is 299 g/mol. The summed E-state index contributed by atoms with van der Waals surface area (Å²) in [6.45, 7) is 4.33. The molecule has 2 N–H and O–H groups in total. The van der Waals surface area contributed by atoms with Gasteiger partial charge in [-0.15, -0.1) is 0 Å². The Kier molecular flexibility index (Phi) is 5.11. The van der Waals surface area contributed by atoms with Crippen LogP contribution in [-0.4, -0.2) is 42.0 Å². The minimum atomic E-state index is 0.114. The van der Waals surface area contributed by atoms with Crippen molar-refractivity contribution in [3.05, 3.63) is 36.0 Å². The van der Waals surface area contributed by atoms with Crippen molar-refractivity contribution < 1.29 is 4.79 Å². The van der Waals surface area contributed by atoms with Crippen LogP contribution in [0.4, 0.5) is 0 Å². The van der Waals surface area contributed by atoms with E-state index >= 15 is 0 Å². The minimum absolute atomic E-state index is 0.114. The van der Waals surface area contributed by atoms with Crippen LogP contribution < -0.4 is 5.32 Å². The highest BCUT2D eigenvalue weighted by atomic mass is 16.1. The van der Waals surface area contributed by atoms with Crippen molar-refractivity contribution >= 4 is 16.8 Å². The molecule has 0 spiro atoms. The molecule has 1 aliphatic rings. The summed E-state index contributed by atoms with van der Waals surface area (Å²) < 4.78 is 0. The van der Waals surface area contributed by atoms with Gasteiger partial charge in [0, 0.05) is 23.6 Å². The fourth-order valence-corrected chi connectivity index (χ4v) is 3.23. The second-order valence-corrected chi connectivity index (χ2v) is 6.14. The second-order valence-electron chi connectivity index (χ2n) is 6.14. The number of fused-ring (bicyclic) bond motifs is 1. The lowest BCUT2D eigenvalue weighted by molar-refractivity contribution is -0.120. The van der Waals surface area contributed by atoms with E-state index < -0.39 is 0 Å². The molecule has 3 rings (SSSR count). The molecule has 1 aliphatic heterocycles. The van der Waals surface area contributed by atoms with E-state index in [-0.39, 0.29) is 5.91 Å². The zero-order valence-electron chi connectivity index (χ0n) is 13.1. The van der Waals surface area contributed by atoms with Crippen molar-refractivity contribution in [3.63, 3.8) is 0 Å². The average Bonchev–Trinajstić information content (AvgIpc) is 2.96. The zero-order chi connectivity index (χ0) is 15.2. The van der Waals surface area contributed by atoms with E-state index in [1.165, 1.54) is 32.4 Å². The molecular weight excluding hydrogens is 274 g/mol. The first-order chi connectivity index (χ1) is 10.8. The molecule has 4 nitrogen and oxygen atoms in total. The zero-order valence-corrected chi connectivity index (χ0v) is 13.1. The quantitative estimate of drug-likeness (QED) is 0.806. The molecule has 0 radical (unpaired) electrons. The molecule has 0 atom stereocenters. The van der Waals surface area contributed by atoms with Gasteiger partial charge in [0.05, 0.1) is 6.42 Å². The molecule has 0 aliphatic carbocycles.